The number of allylic oxidation sites excluding steroid dienone is 4. The fourth-order valence-electron chi connectivity index (χ4n) is 1.46. The van der Waals surface area contributed by atoms with E-state index in [1.807, 2.05) is 0 Å². The normalized spacial score (nSPS) is 14.9. The Morgan fingerprint density at radius 2 is 1.83 bits per heavy atom. The average Bonchev–Trinajstić information content (AvgIpc) is 2.30. The van der Waals surface area contributed by atoms with Gasteiger partial charge in [-0.3, -0.25) is 0 Å². The maximum atomic E-state index is 2.39. The third-order valence-electron chi connectivity index (χ3n) is 2.04. The molecule has 3 heteroatoms. The van der Waals surface area contributed by atoms with Gasteiger partial charge < -0.3 is 0 Å². The molecule has 0 N–H and O–H groups in total. The first-order valence-corrected chi connectivity index (χ1v) is 5.15. The van der Waals surface area contributed by atoms with Crippen LogP contribution in [0.5, 0.6) is 0 Å². The number of hydrogen-bond acceptors (Lipinski definition) is 0. The zero-order chi connectivity index (χ0) is 7.56. The van der Waals surface area contributed by atoms with Crippen molar-refractivity contribution in [1.29, 1.82) is 0 Å². The third-order valence-corrected chi connectivity index (χ3v) is 3.28. The second-order valence-electron chi connectivity index (χ2n) is 2.60. The second kappa shape index (κ2) is 7.70. The minimum absolute atomic E-state index is 0. The Morgan fingerprint density at radius 1 is 1.25 bits per heavy atom. The number of rotatable bonds is 2. The van der Waals surface area contributed by atoms with Gasteiger partial charge in [0.2, 0.25) is 0 Å². The van der Waals surface area contributed by atoms with Crippen LogP contribution in [-0.2, 0) is 24.7 Å². The van der Waals surface area contributed by atoms with E-state index in [0.717, 1.165) is 0 Å². The van der Waals surface area contributed by atoms with Gasteiger partial charge in [-0.1, -0.05) is 0 Å². The van der Waals surface area contributed by atoms with Gasteiger partial charge in [-0.2, -0.15) is 0 Å². The molecule has 0 aromatic heterocycles. The molecule has 1 aliphatic carbocycles. The van der Waals surface area contributed by atoms with E-state index in [1.165, 1.54) is 19.3 Å². The van der Waals surface area contributed by atoms with E-state index in [9.17, 15) is 0 Å². The summed E-state index contributed by atoms with van der Waals surface area (Å²) in [6, 6.07) is 0. The van der Waals surface area contributed by atoms with Gasteiger partial charge >= 0.3 is 78.3 Å². The Bertz CT molecular complexity index is 195. The molecule has 1 rings (SSSR count). The van der Waals surface area contributed by atoms with Crippen molar-refractivity contribution in [3.05, 3.63) is 20.5 Å². The molecule has 0 aromatic carbocycles. The molecule has 12 heavy (non-hydrogen) atoms. The van der Waals surface area contributed by atoms with Crippen LogP contribution in [-0.4, -0.2) is 0 Å². The van der Waals surface area contributed by atoms with E-state index in [4.69, 9.17) is 0 Å². The van der Waals surface area contributed by atoms with Gasteiger partial charge in [-0.05, 0) is 0 Å². The molecule has 0 aromatic rings. The summed E-state index contributed by atoms with van der Waals surface area (Å²) in [7, 11) is 0. The zero-order valence-corrected chi connectivity index (χ0v) is 13.4. The minimum atomic E-state index is 0. The van der Waals surface area contributed by atoms with E-state index >= 15 is 0 Å². The SMILES string of the molecule is Br.Br.CCC1=CC[C]([Zr])=C1CC. The van der Waals surface area contributed by atoms with Gasteiger partial charge in [-0.15, -0.1) is 34.0 Å². The molecule has 0 saturated heterocycles. The molecular formula is C9H15Br2Zr. The molecule has 1 aliphatic rings. The van der Waals surface area contributed by atoms with Crippen molar-refractivity contribution in [1.82, 2.24) is 0 Å². The van der Waals surface area contributed by atoms with Gasteiger partial charge in [0.25, 0.3) is 0 Å². The molecule has 0 atom stereocenters. The summed E-state index contributed by atoms with van der Waals surface area (Å²) in [5.74, 6) is 0. The molecule has 0 spiro atoms. The average molecular weight is 374 g/mol. The Hall–Kier alpha value is 1.32. The van der Waals surface area contributed by atoms with Crippen molar-refractivity contribution in [2.75, 3.05) is 0 Å². The van der Waals surface area contributed by atoms with Crippen LogP contribution in [0.2, 0.25) is 0 Å². The fraction of sp³-hybridized carbons (Fsp3) is 0.556. The number of hydrogen-bond donors (Lipinski definition) is 0. The molecule has 0 unspecified atom stereocenters. The molecule has 0 nitrogen and oxygen atoms in total. The monoisotopic (exact) mass is 371 g/mol. The first-order valence-electron chi connectivity index (χ1n) is 3.92. The third kappa shape index (κ3) is 3.59. The van der Waals surface area contributed by atoms with Crippen LogP contribution in [0.4, 0.5) is 0 Å². The van der Waals surface area contributed by atoms with Crippen LogP contribution in [0.25, 0.3) is 0 Å². The molecule has 0 fully saturated rings. The summed E-state index contributed by atoms with van der Waals surface area (Å²) in [6.07, 6.45) is 6.09. The Morgan fingerprint density at radius 3 is 2.17 bits per heavy atom. The second-order valence-corrected chi connectivity index (χ2v) is 4.08. The summed E-state index contributed by atoms with van der Waals surface area (Å²) in [6.45, 7) is 4.50. The fourth-order valence-corrected chi connectivity index (χ4v) is 2.54. The Labute approximate surface area is 111 Å². The molecule has 0 heterocycles. The van der Waals surface area contributed by atoms with E-state index in [-0.39, 0.29) is 34.0 Å². The van der Waals surface area contributed by atoms with Crippen LogP contribution in [0.15, 0.2) is 20.5 Å². The summed E-state index contributed by atoms with van der Waals surface area (Å²) in [5, 5.41) is 0. The molecule has 0 aliphatic heterocycles. The summed E-state index contributed by atoms with van der Waals surface area (Å²) in [5.41, 5.74) is 3.26. The van der Waals surface area contributed by atoms with Crippen molar-refractivity contribution >= 4 is 34.0 Å². The van der Waals surface area contributed by atoms with Crippen LogP contribution in [0.1, 0.15) is 33.1 Å². The summed E-state index contributed by atoms with van der Waals surface area (Å²) >= 11 is 1.61. The molecule has 0 amide bonds. The molecule has 69 valence electrons. The van der Waals surface area contributed by atoms with Crippen LogP contribution in [0, 0.1) is 0 Å². The number of halogens is 2. The van der Waals surface area contributed by atoms with Crippen LogP contribution < -0.4 is 0 Å². The summed E-state index contributed by atoms with van der Waals surface area (Å²) in [4.78, 5) is 0. The van der Waals surface area contributed by atoms with Gasteiger partial charge in [0.15, 0.2) is 0 Å². The summed E-state index contributed by atoms with van der Waals surface area (Å²) < 4.78 is 1.67. The molecule has 0 saturated carbocycles. The van der Waals surface area contributed by atoms with Crippen molar-refractivity contribution in [3.8, 4) is 0 Å². The predicted octanol–water partition coefficient (Wildman–Crippen LogP) is 4.09. The van der Waals surface area contributed by atoms with Crippen molar-refractivity contribution in [3.63, 3.8) is 0 Å². The van der Waals surface area contributed by atoms with Gasteiger partial charge in [-0.25, -0.2) is 0 Å². The van der Waals surface area contributed by atoms with Crippen molar-refractivity contribution in [2.45, 2.75) is 33.1 Å². The van der Waals surface area contributed by atoms with E-state index in [1.54, 1.807) is 39.1 Å². The molecular weight excluding hydrogens is 359 g/mol. The van der Waals surface area contributed by atoms with Gasteiger partial charge in [0, 0.05) is 0 Å². The van der Waals surface area contributed by atoms with E-state index in [2.05, 4.69) is 19.9 Å². The molecule has 0 radical (unpaired) electrons. The predicted molar refractivity (Wildman–Crippen MR) is 61.0 cm³/mol. The Kier molecular flexibility index (Phi) is 10.1. The maximum absolute atomic E-state index is 2.39. The van der Waals surface area contributed by atoms with Gasteiger partial charge in [0.05, 0.1) is 0 Å². The van der Waals surface area contributed by atoms with Crippen molar-refractivity contribution < 1.29 is 24.7 Å². The van der Waals surface area contributed by atoms with Crippen molar-refractivity contribution in [2.24, 2.45) is 0 Å². The topological polar surface area (TPSA) is 0 Å². The quantitative estimate of drug-likeness (QED) is 0.683. The first kappa shape index (κ1) is 15.8. The van der Waals surface area contributed by atoms with Gasteiger partial charge in [0.1, 0.15) is 0 Å². The van der Waals surface area contributed by atoms with E-state index in [0.29, 0.717) is 0 Å². The standard InChI is InChI=1S/C9H13.2BrH.Zr/c1-3-8-6-5-7-9(8)4-2;;;/h6H,3-5H2,1-2H3;2*1H;. The van der Waals surface area contributed by atoms with E-state index < -0.39 is 0 Å². The zero-order valence-electron chi connectivity index (χ0n) is 7.52. The Balaban J connectivity index is 0. The molecule has 0 bridgehead atoms. The van der Waals surface area contributed by atoms with Crippen LogP contribution >= 0.6 is 34.0 Å². The van der Waals surface area contributed by atoms with Crippen LogP contribution in [0.3, 0.4) is 0 Å². The first-order chi connectivity index (χ1) is 4.79.